The average Bonchev–Trinajstić information content (AvgIpc) is 1.58. The van der Waals surface area contributed by atoms with E-state index >= 15 is 0 Å². The standard InChI is InChI=1S/C3Br2F4I2/c4-2(5,11)1(6,10)3(7,8)9. The van der Waals surface area contributed by atoms with Gasteiger partial charge in [-0.2, -0.15) is 13.2 Å². The minimum atomic E-state index is -4.90. The molecule has 0 aliphatic rings. The Bertz CT molecular complexity index is 132. The van der Waals surface area contributed by atoms with Gasteiger partial charge in [-0.15, -0.1) is 0 Å². The van der Waals surface area contributed by atoms with Crippen molar-refractivity contribution in [1.82, 2.24) is 0 Å². The molecule has 0 saturated heterocycles. The van der Waals surface area contributed by atoms with Gasteiger partial charge in [0.25, 0.3) is 3.68 Å². The molecule has 0 aromatic rings. The normalized spacial score (nSPS) is 19.6. The highest BCUT2D eigenvalue weighted by atomic mass is 127. The fraction of sp³-hybridized carbons (Fsp3) is 1.00. The minimum Gasteiger partial charge on any atom is -0.219 e. The first-order chi connectivity index (χ1) is 4.50. The van der Waals surface area contributed by atoms with E-state index in [2.05, 4.69) is 31.9 Å². The Morgan fingerprint density at radius 3 is 1.18 bits per heavy atom. The van der Waals surface area contributed by atoms with Gasteiger partial charge in [-0.25, -0.2) is 4.39 Å². The van der Waals surface area contributed by atoms with Crippen molar-refractivity contribution >= 4 is 77.0 Å². The van der Waals surface area contributed by atoms with Crippen molar-refractivity contribution in [3.63, 3.8) is 0 Å². The van der Waals surface area contributed by atoms with Crippen LogP contribution in [0, 0.1) is 0 Å². The van der Waals surface area contributed by atoms with Crippen LogP contribution >= 0.6 is 77.0 Å². The lowest BCUT2D eigenvalue weighted by atomic mass is 10.4. The zero-order valence-corrected chi connectivity index (χ0v) is 12.0. The molecule has 0 aliphatic heterocycles. The molecule has 0 rings (SSSR count). The van der Waals surface area contributed by atoms with Crippen LogP contribution in [0.2, 0.25) is 0 Å². The molecule has 0 N–H and O–H groups in total. The van der Waals surface area contributed by atoms with Gasteiger partial charge in [-0.1, -0.05) is 31.9 Å². The van der Waals surface area contributed by atoms with Gasteiger partial charge < -0.3 is 0 Å². The average molecular weight is 526 g/mol. The molecular formula is C3Br2F4I2. The predicted octanol–water partition coefficient (Wildman–Crippen LogP) is 4.53. The van der Waals surface area contributed by atoms with E-state index < -0.39 is 11.1 Å². The Balaban J connectivity index is 4.75. The van der Waals surface area contributed by atoms with E-state index in [1.165, 1.54) is 22.6 Å². The summed E-state index contributed by atoms with van der Waals surface area (Å²) in [5, 5.41) is 0. The summed E-state index contributed by atoms with van der Waals surface area (Å²) in [6, 6.07) is 0. The Labute approximate surface area is 104 Å². The number of hydrogen-bond donors (Lipinski definition) is 0. The first-order valence-electron chi connectivity index (χ1n) is 2.01. The highest BCUT2D eigenvalue weighted by Gasteiger charge is 2.64. The third-order valence-electron chi connectivity index (χ3n) is 0.712. The maximum atomic E-state index is 12.9. The zero-order valence-electron chi connectivity index (χ0n) is 4.52. The lowest BCUT2D eigenvalue weighted by molar-refractivity contribution is -0.182. The van der Waals surface area contributed by atoms with E-state index in [0.717, 1.165) is 0 Å². The number of halogens is 8. The van der Waals surface area contributed by atoms with Gasteiger partial charge in [0, 0.05) is 0 Å². The van der Waals surface area contributed by atoms with Crippen LogP contribution in [0.4, 0.5) is 17.6 Å². The van der Waals surface area contributed by atoms with Gasteiger partial charge in [-0.3, -0.25) is 0 Å². The van der Waals surface area contributed by atoms with Gasteiger partial charge >= 0.3 is 6.18 Å². The number of hydrogen-bond acceptors (Lipinski definition) is 0. The molecule has 0 aliphatic carbocycles. The summed E-state index contributed by atoms with van der Waals surface area (Å²) in [4.78, 5) is 0. The van der Waals surface area contributed by atoms with Crippen molar-refractivity contribution in [2.75, 3.05) is 0 Å². The number of alkyl halides is 8. The molecule has 0 spiro atoms. The van der Waals surface area contributed by atoms with Crippen molar-refractivity contribution in [1.29, 1.82) is 0 Å². The summed E-state index contributed by atoms with van der Waals surface area (Å²) in [6.07, 6.45) is -4.90. The Hall–Kier alpha value is 2.14. The van der Waals surface area contributed by atoms with E-state index in [1.807, 2.05) is 0 Å². The van der Waals surface area contributed by atoms with E-state index in [-0.39, 0.29) is 0 Å². The van der Waals surface area contributed by atoms with Gasteiger partial charge in [0.15, 0.2) is 1.24 Å². The predicted molar refractivity (Wildman–Crippen MR) is 58.5 cm³/mol. The molecule has 8 heteroatoms. The maximum Gasteiger partial charge on any atom is 0.434 e. The van der Waals surface area contributed by atoms with Crippen molar-refractivity contribution in [3.8, 4) is 0 Å². The summed E-state index contributed by atoms with van der Waals surface area (Å²) in [5.41, 5.74) is 0. The van der Waals surface area contributed by atoms with Crippen molar-refractivity contribution in [2.45, 2.75) is 11.1 Å². The van der Waals surface area contributed by atoms with Crippen LogP contribution in [0.15, 0.2) is 0 Å². The molecule has 0 heterocycles. The lowest BCUT2D eigenvalue weighted by Gasteiger charge is -2.29. The van der Waals surface area contributed by atoms with Gasteiger partial charge in [0.1, 0.15) is 0 Å². The fourth-order valence-electron chi connectivity index (χ4n) is 0.161. The SMILES string of the molecule is FC(F)(F)C(F)(I)C(Br)(Br)I. The molecule has 0 saturated carbocycles. The van der Waals surface area contributed by atoms with Crippen molar-refractivity contribution in [3.05, 3.63) is 0 Å². The first kappa shape index (κ1) is 13.1. The molecule has 0 aromatic heterocycles. The second kappa shape index (κ2) is 3.71. The van der Waals surface area contributed by atoms with Crippen LogP contribution in [0.3, 0.4) is 0 Å². The van der Waals surface area contributed by atoms with Crippen LogP contribution in [0.1, 0.15) is 0 Å². The Kier molecular flexibility index (Phi) is 4.44. The van der Waals surface area contributed by atoms with Gasteiger partial charge in [0.05, 0.1) is 0 Å². The molecule has 0 fully saturated rings. The van der Waals surface area contributed by atoms with E-state index in [4.69, 9.17) is 0 Å². The second-order valence-corrected chi connectivity index (χ2v) is 11.1. The Morgan fingerprint density at radius 2 is 1.18 bits per heavy atom. The van der Waals surface area contributed by atoms with Crippen molar-refractivity contribution < 1.29 is 17.6 Å². The smallest absolute Gasteiger partial charge is 0.219 e. The molecule has 0 nitrogen and oxygen atoms in total. The van der Waals surface area contributed by atoms with Gasteiger partial charge in [-0.05, 0) is 45.2 Å². The highest BCUT2D eigenvalue weighted by molar-refractivity contribution is 14.1. The largest absolute Gasteiger partial charge is 0.434 e. The summed E-state index contributed by atoms with van der Waals surface area (Å²) in [7, 11) is 0. The third-order valence-corrected chi connectivity index (χ3v) is 6.48. The molecule has 1 atom stereocenters. The van der Waals surface area contributed by atoms with Crippen LogP contribution in [0.5, 0.6) is 0 Å². The van der Waals surface area contributed by atoms with E-state index in [0.29, 0.717) is 22.6 Å². The van der Waals surface area contributed by atoms with E-state index in [9.17, 15) is 17.6 Å². The monoisotopic (exact) mass is 524 g/mol. The molecule has 68 valence electrons. The minimum absolute atomic E-state index is 0.696. The highest BCUT2D eigenvalue weighted by Crippen LogP contribution is 2.57. The number of rotatable bonds is 1. The zero-order chi connectivity index (χ0) is 9.50. The molecule has 11 heavy (non-hydrogen) atoms. The van der Waals surface area contributed by atoms with Crippen LogP contribution < -0.4 is 0 Å². The fourth-order valence-corrected chi connectivity index (χ4v) is 0.916. The van der Waals surface area contributed by atoms with Crippen molar-refractivity contribution in [2.24, 2.45) is 0 Å². The molecule has 0 radical (unpaired) electrons. The maximum absolute atomic E-state index is 12.9. The quantitative estimate of drug-likeness (QED) is 0.268. The summed E-state index contributed by atoms with van der Waals surface area (Å²) >= 11 is 7.05. The summed E-state index contributed by atoms with van der Waals surface area (Å²) in [6.45, 7) is 0. The molecule has 0 aromatic carbocycles. The molecule has 1 unspecified atom stereocenters. The molecule has 0 bridgehead atoms. The third kappa shape index (κ3) is 3.08. The Morgan fingerprint density at radius 1 is 0.909 bits per heavy atom. The van der Waals surface area contributed by atoms with E-state index in [1.54, 1.807) is 0 Å². The van der Waals surface area contributed by atoms with Crippen LogP contribution in [-0.2, 0) is 0 Å². The summed E-state index contributed by atoms with van der Waals surface area (Å²) < 4.78 is 43.3. The van der Waals surface area contributed by atoms with Crippen LogP contribution in [0.25, 0.3) is 0 Å². The summed E-state index contributed by atoms with van der Waals surface area (Å²) in [5.74, 6) is 0. The topological polar surface area (TPSA) is 0 Å². The lowest BCUT2D eigenvalue weighted by Crippen LogP contribution is -2.44. The van der Waals surface area contributed by atoms with Gasteiger partial charge in [0.2, 0.25) is 0 Å². The molecular weight excluding hydrogens is 526 g/mol. The first-order valence-corrected chi connectivity index (χ1v) is 5.76. The molecule has 0 amide bonds. The second-order valence-electron chi connectivity index (χ2n) is 1.57. The van der Waals surface area contributed by atoms with Crippen LogP contribution in [-0.4, -0.2) is 11.1 Å².